The van der Waals surface area contributed by atoms with Crippen molar-refractivity contribution in [1.82, 2.24) is 9.55 Å². The number of para-hydroxylation sites is 1. The third kappa shape index (κ3) is 2.30. The zero-order valence-corrected chi connectivity index (χ0v) is 11.7. The van der Waals surface area contributed by atoms with Crippen LogP contribution in [0.5, 0.6) is 5.75 Å². The molecule has 1 aromatic heterocycles. The number of phenolic OH excluding ortho intramolecular Hbond substituents is 1. The molecular weight excluding hydrogens is 293 g/mol. The van der Waals surface area contributed by atoms with Crippen molar-refractivity contribution in [2.24, 2.45) is 0 Å². The summed E-state index contributed by atoms with van der Waals surface area (Å²) in [7, 11) is 0. The highest BCUT2D eigenvalue weighted by molar-refractivity contribution is 5.82. The lowest BCUT2D eigenvalue weighted by Crippen LogP contribution is -2.05. The Hall–Kier alpha value is -2.50. The Morgan fingerprint density at radius 2 is 1.86 bits per heavy atom. The first-order valence-corrected chi connectivity index (χ1v) is 6.78. The maximum Gasteiger partial charge on any atom is 0.418 e. The summed E-state index contributed by atoms with van der Waals surface area (Å²) in [5, 5.41) is 9.62. The maximum absolute atomic E-state index is 13.1. The Kier molecular flexibility index (Phi) is 3.31. The van der Waals surface area contributed by atoms with Gasteiger partial charge in [0.15, 0.2) is 0 Å². The van der Waals surface area contributed by atoms with Gasteiger partial charge in [-0.15, -0.1) is 0 Å². The molecule has 0 aliphatic carbocycles. The minimum Gasteiger partial charge on any atom is -0.508 e. The predicted molar refractivity (Wildman–Crippen MR) is 77.1 cm³/mol. The monoisotopic (exact) mass is 306 g/mol. The van der Waals surface area contributed by atoms with Crippen molar-refractivity contribution in [2.45, 2.75) is 19.5 Å². The average molecular weight is 306 g/mol. The first-order chi connectivity index (χ1) is 10.4. The first-order valence-electron chi connectivity index (χ1n) is 6.78. The third-order valence-electron chi connectivity index (χ3n) is 3.46. The maximum atomic E-state index is 13.1. The zero-order chi connectivity index (χ0) is 15.9. The number of fused-ring (bicyclic) bond motifs is 1. The number of nitrogens with zero attached hydrogens (tertiary/aromatic N) is 2. The van der Waals surface area contributed by atoms with Crippen LogP contribution in [0.15, 0.2) is 42.5 Å². The highest BCUT2D eigenvalue weighted by Gasteiger charge is 2.34. The molecule has 0 atom stereocenters. The van der Waals surface area contributed by atoms with Crippen molar-refractivity contribution < 1.29 is 18.3 Å². The Bertz CT molecular complexity index is 837. The van der Waals surface area contributed by atoms with E-state index >= 15 is 0 Å². The molecule has 22 heavy (non-hydrogen) atoms. The molecule has 114 valence electrons. The Labute approximate surface area is 124 Å². The minimum atomic E-state index is -4.46. The summed E-state index contributed by atoms with van der Waals surface area (Å²) in [5.74, 6) is 0.561. The zero-order valence-electron chi connectivity index (χ0n) is 11.7. The Morgan fingerprint density at radius 1 is 1.14 bits per heavy atom. The molecule has 0 radical (unpaired) electrons. The molecule has 0 amide bonds. The first kappa shape index (κ1) is 14.4. The van der Waals surface area contributed by atoms with Crippen LogP contribution in [0, 0.1) is 0 Å². The van der Waals surface area contributed by atoms with E-state index < -0.39 is 11.7 Å². The molecule has 3 rings (SSSR count). The fourth-order valence-corrected chi connectivity index (χ4v) is 2.53. The molecule has 0 unspecified atom stereocenters. The van der Waals surface area contributed by atoms with E-state index in [0.29, 0.717) is 23.4 Å². The molecule has 2 aromatic carbocycles. The van der Waals surface area contributed by atoms with Crippen LogP contribution < -0.4 is 0 Å². The van der Waals surface area contributed by atoms with Gasteiger partial charge in [-0.25, -0.2) is 4.98 Å². The average Bonchev–Trinajstić information content (AvgIpc) is 2.84. The molecule has 3 aromatic rings. The van der Waals surface area contributed by atoms with Crippen molar-refractivity contribution in [3.63, 3.8) is 0 Å². The largest absolute Gasteiger partial charge is 0.508 e. The van der Waals surface area contributed by atoms with Crippen molar-refractivity contribution in [3.05, 3.63) is 53.9 Å². The quantitative estimate of drug-likeness (QED) is 0.766. The predicted octanol–water partition coefficient (Wildman–Crippen LogP) is 4.31. The van der Waals surface area contributed by atoms with E-state index in [1.54, 1.807) is 22.8 Å². The number of rotatable bonds is 2. The van der Waals surface area contributed by atoms with Gasteiger partial charge in [0.1, 0.15) is 17.1 Å². The summed E-state index contributed by atoms with van der Waals surface area (Å²) in [6.07, 6.45) is -3.98. The molecule has 1 heterocycles. The summed E-state index contributed by atoms with van der Waals surface area (Å²) < 4.78 is 41.1. The second-order valence-electron chi connectivity index (χ2n) is 4.91. The summed E-state index contributed by atoms with van der Waals surface area (Å²) in [4.78, 5) is 4.16. The number of aromatic nitrogens is 2. The van der Waals surface area contributed by atoms with Gasteiger partial charge in [0, 0.05) is 12.5 Å². The molecule has 0 spiro atoms. The van der Waals surface area contributed by atoms with E-state index in [2.05, 4.69) is 4.98 Å². The number of aryl methyl sites for hydroxylation is 1. The highest BCUT2D eigenvalue weighted by atomic mass is 19.4. The van der Waals surface area contributed by atoms with Crippen molar-refractivity contribution in [3.8, 4) is 11.4 Å². The van der Waals surface area contributed by atoms with Gasteiger partial charge in [-0.2, -0.15) is 13.2 Å². The molecule has 0 bridgehead atoms. The summed E-state index contributed by atoms with van der Waals surface area (Å²) in [6.45, 7) is 1.83. The normalized spacial score (nSPS) is 12.0. The number of hydrogen-bond donors (Lipinski definition) is 1. The number of phenols is 1. The number of benzene rings is 2. The van der Waals surface area contributed by atoms with E-state index in [1.807, 2.05) is 6.92 Å². The van der Waals surface area contributed by atoms with E-state index in [4.69, 9.17) is 0 Å². The van der Waals surface area contributed by atoms with Gasteiger partial charge in [-0.3, -0.25) is 4.57 Å². The molecular formula is C16H13F3N2O. The third-order valence-corrected chi connectivity index (χ3v) is 3.46. The number of imidazole rings is 1. The second kappa shape index (κ2) is 5.05. The fraction of sp³-hybridized carbons (Fsp3) is 0.188. The van der Waals surface area contributed by atoms with Crippen LogP contribution in [0.4, 0.5) is 13.2 Å². The summed E-state index contributed by atoms with van der Waals surface area (Å²) >= 11 is 0. The molecule has 0 aliphatic heterocycles. The molecule has 0 saturated carbocycles. The van der Waals surface area contributed by atoms with E-state index in [-0.39, 0.29) is 11.3 Å². The van der Waals surface area contributed by atoms with Gasteiger partial charge in [-0.05, 0) is 24.3 Å². The number of halogens is 3. The molecule has 6 heteroatoms. The summed E-state index contributed by atoms with van der Waals surface area (Å²) in [5.41, 5.74) is 0.129. The molecule has 3 nitrogen and oxygen atoms in total. The van der Waals surface area contributed by atoms with Gasteiger partial charge in [0.05, 0.1) is 16.8 Å². The Morgan fingerprint density at radius 3 is 2.50 bits per heavy atom. The van der Waals surface area contributed by atoms with Crippen LogP contribution in [0.2, 0.25) is 0 Å². The van der Waals surface area contributed by atoms with E-state index in [0.717, 1.165) is 6.07 Å². The van der Waals surface area contributed by atoms with E-state index in [1.165, 1.54) is 18.2 Å². The molecule has 0 fully saturated rings. The lowest BCUT2D eigenvalue weighted by Gasteiger charge is -2.10. The van der Waals surface area contributed by atoms with Crippen molar-refractivity contribution in [1.29, 1.82) is 0 Å². The van der Waals surface area contributed by atoms with Crippen LogP contribution >= 0.6 is 0 Å². The highest BCUT2D eigenvalue weighted by Crippen LogP contribution is 2.35. The van der Waals surface area contributed by atoms with Crippen LogP contribution in [0.3, 0.4) is 0 Å². The lowest BCUT2D eigenvalue weighted by molar-refractivity contribution is -0.136. The van der Waals surface area contributed by atoms with Crippen molar-refractivity contribution in [2.75, 3.05) is 0 Å². The van der Waals surface area contributed by atoms with E-state index in [9.17, 15) is 18.3 Å². The van der Waals surface area contributed by atoms with Gasteiger partial charge in [0.2, 0.25) is 0 Å². The fourth-order valence-electron chi connectivity index (χ4n) is 2.53. The molecule has 1 N–H and O–H groups in total. The number of hydrogen-bond acceptors (Lipinski definition) is 2. The van der Waals surface area contributed by atoms with Gasteiger partial charge < -0.3 is 5.11 Å². The van der Waals surface area contributed by atoms with Gasteiger partial charge >= 0.3 is 6.18 Å². The molecule has 0 saturated heterocycles. The van der Waals surface area contributed by atoms with Gasteiger partial charge in [0.25, 0.3) is 0 Å². The van der Waals surface area contributed by atoms with Crippen LogP contribution in [-0.2, 0) is 12.6 Å². The van der Waals surface area contributed by atoms with Crippen LogP contribution in [-0.4, -0.2) is 14.7 Å². The molecule has 0 aliphatic rings. The SMILES string of the molecule is CCc1nc2c(C(F)(F)F)cccc2n1-c1cccc(O)c1. The topological polar surface area (TPSA) is 38.0 Å². The second-order valence-corrected chi connectivity index (χ2v) is 4.91. The smallest absolute Gasteiger partial charge is 0.418 e. The Balaban J connectivity index is 2.35. The van der Waals surface area contributed by atoms with Crippen molar-refractivity contribution >= 4 is 11.0 Å². The lowest BCUT2D eigenvalue weighted by atomic mass is 10.1. The minimum absolute atomic E-state index is 0.0494. The van der Waals surface area contributed by atoms with Crippen LogP contribution in [0.1, 0.15) is 18.3 Å². The number of aromatic hydroxyl groups is 1. The van der Waals surface area contributed by atoms with Gasteiger partial charge in [-0.1, -0.05) is 19.1 Å². The van der Waals surface area contributed by atoms with Crippen LogP contribution in [0.25, 0.3) is 16.7 Å². The standard InChI is InChI=1S/C16H13F3N2O/c1-2-14-20-15-12(16(17,18)19)7-4-8-13(15)21(14)10-5-3-6-11(22)9-10/h3-9,22H,2H2,1H3. The number of alkyl halides is 3. The summed E-state index contributed by atoms with van der Waals surface area (Å²) in [6, 6.07) is 10.4.